The van der Waals surface area contributed by atoms with Crippen molar-refractivity contribution in [2.45, 2.75) is 85.1 Å². The van der Waals surface area contributed by atoms with Gasteiger partial charge in [-0.2, -0.15) is 0 Å². The minimum atomic E-state index is 0.453. The Balaban J connectivity index is 2.46. The van der Waals surface area contributed by atoms with E-state index in [0.717, 1.165) is 5.92 Å². The molecule has 0 aromatic carbocycles. The van der Waals surface area contributed by atoms with Gasteiger partial charge >= 0.3 is 0 Å². The molecule has 0 aliphatic heterocycles. The topological polar surface area (TPSA) is 3.24 Å². The van der Waals surface area contributed by atoms with Crippen molar-refractivity contribution in [3.63, 3.8) is 0 Å². The normalized spacial score (nSPS) is 35.2. The maximum atomic E-state index is 2.64. The van der Waals surface area contributed by atoms with Gasteiger partial charge in [-0.1, -0.05) is 59.8 Å². The van der Waals surface area contributed by atoms with Crippen LogP contribution in [0.3, 0.4) is 0 Å². The van der Waals surface area contributed by atoms with E-state index in [1.165, 1.54) is 51.5 Å². The number of unbranched alkanes of at least 4 members (excludes halogenated alkanes) is 4. The molecule has 0 N–H and O–H groups in total. The first-order valence-corrected chi connectivity index (χ1v) is 8.16. The zero-order valence-corrected chi connectivity index (χ0v) is 13.7. The number of rotatable bonds is 9. The third-order valence-electron chi connectivity index (χ3n) is 6.06. The summed E-state index contributed by atoms with van der Waals surface area (Å²) in [5, 5.41) is 0. The van der Waals surface area contributed by atoms with E-state index in [-0.39, 0.29) is 0 Å². The fourth-order valence-corrected chi connectivity index (χ4v) is 3.91. The smallest absolute Gasteiger partial charge is 0.0266 e. The maximum absolute atomic E-state index is 2.64. The maximum Gasteiger partial charge on any atom is 0.0266 e. The third kappa shape index (κ3) is 2.76. The van der Waals surface area contributed by atoms with E-state index in [2.05, 4.69) is 46.6 Å². The molecule has 18 heavy (non-hydrogen) atoms. The Bertz CT molecular complexity index is 250. The second-order valence-corrected chi connectivity index (χ2v) is 6.87. The summed E-state index contributed by atoms with van der Waals surface area (Å²) in [4.78, 5) is 2.64. The molecule has 0 saturated heterocycles. The van der Waals surface area contributed by atoms with Crippen LogP contribution >= 0.6 is 0 Å². The van der Waals surface area contributed by atoms with Gasteiger partial charge in [0.1, 0.15) is 0 Å². The van der Waals surface area contributed by atoms with Crippen LogP contribution in [0.5, 0.6) is 0 Å². The summed E-state index contributed by atoms with van der Waals surface area (Å²) in [7, 11) is 2.34. The molecule has 1 fully saturated rings. The van der Waals surface area contributed by atoms with Gasteiger partial charge in [-0.05, 0) is 44.7 Å². The monoisotopic (exact) mass is 253 g/mol. The van der Waals surface area contributed by atoms with Crippen molar-refractivity contribution in [3.8, 4) is 0 Å². The van der Waals surface area contributed by atoms with Gasteiger partial charge in [0, 0.05) is 5.54 Å². The predicted molar refractivity (Wildman–Crippen MR) is 82.0 cm³/mol. The summed E-state index contributed by atoms with van der Waals surface area (Å²) in [5.74, 6) is 0.855. The van der Waals surface area contributed by atoms with Crippen LogP contribution in [0.25, 0.3) is 0 Å². The minimum absolute atomic E-state index is 0.453. The lowest BCUT2D eigenvalue weighted by atomic mass is 9.93. The van der Waals surface area contributed by atoms with Gasteiger partial charge in [0.25, 0.3) is 0 Å². The molecular weight excluding hydrogens is 218 g/mol. The second kappa shape index (κ2) is 6.41. The molecule has 0 heterocycles. The molecule has 0 spiro atoms. The molecule has 1 saturated carbocycles. The first-order chi connectivity index (χ1) is 8.45. The standard InChI is InChI=1S/C17H35N/c1-7-9-11-12-13-16(4)15(3)17(16,5)18(6)14-10-8-2/h15H,7-14H2,1-6H3. The van der Waals surface area contributed by atoms with Gasteiger partial charge in [0.05, 0.1) is 0 Å². The zero-order valence-electron chi connectivity index (χ0n) is 13.7. The second-order valence-electron chi connectivity index (χ2n) is 6.87. The molecule has 3 unspecified atom stereocenters. The van der Waals surface area contributed by atoms with Crippen molar-refractivity contribution in [2.24, 2.45) is 11.3 Å². The van der Waals surface area contributed by atoms with Gasteiger partial charge in [-0.25, -0.2) is 0 Å². The highest BCUT2D eigenvalue weighted by atomic mass is 15.2. The average Bonchev–Trinajstić information content (AvgIpc) is 2.80. The summed E-state index contributed by atoms with van der Waals surface area (Å²) in [6.45, 7) is 13.3. The highest BCUT2D eigenvalue weighted by Crippen LogP contribution is 2.66. The van der Waals surface area contributed by atoms with E-state index in [9.17, 15) is 0 Å². The van der Waals surface area contributed by atoms with E-state index in [1.54, 1.807) is 0 Å². The van der Waals surface area contributed by atoms with Crippen molar-refractivity contribution in [1.82, 2.24) is 4.90 Å². The Morgan fingerprint density at radius 1 is 0.944 bits per heavy atom. The van der Waals surface area contributed by atoms with E-state index >= 15 is 0 Å². The third-order valence-corrected chi connectivity index (χ3v) is 6.06. The van der Waals surface area contributed by atoms with Crippen molar-refractivity contribution < 1.29 is 0 Å². The van der Waals surface area contributed by atoms with Crippen molar-refractivity contribution in [2.75, 3.05) is 13.6 Å². The van der Waals surface area contributed by atoms with Crippen LogP contribution in [-0.4, -0.2) is 24.0 Å². The van der Waals surface area contributed by atoms with Crippen molar-refractivity contribution in [1.29, 1.82) is 0 Å². The summed E-state index contributed by atoms with van der Waals surface area (Å²) >= 11 is 0. The van der Waals surface area contributed by atoms with Gasteiger partial charge in [0.2, 0.25) is 0 Å². The number of nitrogens with zero attached hydrogens (tertiary/aromatic N) is 1. The lowest BCUT2D eigenvalue weighted by molar-refractivity contribution is 0.179. The molecule has 108 valence electrons. The van der Waals surface area contributed by atoms with Crippen LogP contribution in [0.2, 0.25) is 0 Å². The van der Waals surface area contributed by atoms with Crippen LogP contribution in [0.1, 0.15) is 79.6 Å². The first-order valence-electron chi connectivity index (χ1n) is 8.16. The Kier molecular flexibility index (Phi) is 5.70. The van der Waals surface area contributed by atoms with E-state index < -0.39 is 0 Å². The molecule has 3 atom stereocenters. The summed E-state index contributed by atoms with van der Waals surface area (Å²) in [6.07, 6.45) is 9.67. The fraction of sp³-hybridized carbons (Fsp3) is 1.00. The van der Waals surface area contributed by atoms with Crippen molar-refractivity contribution >= 4 is 0 Å². The van der Waals surface area contributed by atoms with E-state index in [4.69, 9.17) is 0 Å². The average molecular weight is 253 g/mol. The molecular formula is C17H35N. The van der Waals surface area contributed by atoms with Crippen LogP contribution < -0.4 is 0 Å². The van der Waals surface area contributed by atoms with Gasteiger partial charge < -0.3 is 4.90 Å². The van der Waals surface area contributed by atoms with Crippen LogP contribution in [0.15, 0.2) is 0 Å². The molecule has 1 aliphatic carbocycles. The SMILES string of the molecule is CCCCCCC1(C)C(C)C1(C)N(C)CCCC. The molecule has 1 heteroatoms. The van der Waals surface area contributed by atoms with E-state index in [0.29, 0.717) is 11.0 Å². The van der Waals surface area contributed by atoms with Crippen LogP contribution in [0, 0.1) is 11.3 Å². The summed E-state index contributed by atoms with van der Waals surface area (Å²) < 4.78 is 0. The Morgan fingerprint density at radius 2 is 1.56 bits per heavy atom. The zero-order chi connectivity index (χ0) is 13.8. The van der Waals surface area contributed by atoms with Crippen molar-refractivity contribution in [3.05, 3.63) is 0 Å². The van der Waals surface area contributed by atoms with Gasteiger partial charge in [-0.15, -0.1) is 0 Å². The molecule has 0 amide bonds. The molecule has 0 aromatic heterocycles. The molecule has 1 rings (SSSR count). The lowest BCUT2D eigenvalue weighted by Crippen LogP contribution is -2.37. The lowest BCUT2D eigenvalue weighted by Gasteiger charge is -2.29. The Labute approximate surface area is 115 Å². The quantitative estimate of drug-likeness (QED) is 0.517. The largest absolute Gasteiger partial charge is 0.300 e. The molecule has 0 bridgehead atoms. The minimum Gasteiger partial charge on any atom is -0.300 e. The molecule has 0 radical (unpaired) electrons. The highest BCUT2D eigenvalue weighted by Gasteiger charge is 2.69. The number of hydrogen-bond donors (Lipinski definition) is 0. The first kappa shape index (κ1) is 16.0. The Morgan fingerprint density at radius 3 is 2.11 bits per heavy atom. The fourth-order valence-electron chi connectivity index (χ4n) is 3.91. The summed E-state index contributed by atoms with van der Waals surface area (Å²) in [5.41, 5.74) is 1.01. The summed E-state index contributed by atoms with van der Waals surface area (Å²) in [6, 6.07) is 0. The number of hydrogen-bond acceptors (Lipinski definition) is 1. The molecule has 0 aromatic rings. The predicted octanol–water partition coefficient (Wildman–Crippen LogP) is 5.10. The van der Waals surface area contributed by atoms with Gasteiger partial charge in [-0.3, -0.25) is 0 Å². The highest BCUT2D eigenvalue weighted by molar-refractivity contribution is 5.22. The molecule has 1 aliphatic rings. The molecule has 1 nitrogen and oxygen atoms in total. The van der Waals surface area contributed by atoms with E-state index in [1.807, 2.05) is 0 Å². The Hall–Kier alpha value is -0.0400. The van der Waals surface area contributed by atoms with Crippen LogP contribution in [-0.2, 0) is 0 Å². The van der Waals surface area contributed by atoms with Gasteiger partial charge in [0.15, 0.2) is 0 Å². The van der Waals surface area contributed by atoms with Crippen LogP contribution in [0.4, 0.5) is 0 Å².